The molecule has 0 atom stereocenters. The van der Waals surface area contributed by atoms with Crippen LogP contribution in [0.5, 0.6) is 23.0 Å². The van der Waals surface area contributed by atoms with Crippen LogP contribution < -0.4 is 25.9 Å². The van der Waals surface area contributed by atoms with Gasteiger partial charge in [-0.25, -0.2) is 0 Å². The highest BCUT2D eigenvalue weighted by molar-refractivity contribution is 6.98. The highest BCUT2D eigenvalue weighted by Crippen LogP contribution is 2.42. The lowest BCUT2D eigenvalue weighted by molar-refractivity contribution is 0.465. The first-order valence-corrected chi connectivity index (χ1v) is 14.0. The maximum absolute atomic E-state index is 6.72. The Morgan fingerprint density at radius 1 is 0.732 bits per heavy atom. The molecule has 0 saturated carbocycles. The third kappa shape index (κ3) is 3.47. The summed E-state index contributed by atoms with van der Waals surface area (Å²) < 4.78 is 15.4. The topological polar surface area (TPSA) is 23.4 Å². The maximum atomic E-state index is 6.72. The van der Waals surface area contributed by atoms with Gasteiger partial charge in [0.15, 0.2) is 0 Å². The van der Waals surface area contributed by atoms with Crippen molar-refractivity contribution in [2.45, 2.75) is 6.92 Å². The van der Waals surface area contributed by atoms with Crippen LogP contribution >= 0.6 is 0 Å². The zero-order valence-corrected chi connectivity index (χ0v) is 22.7. The molecule has 2 aliphatic rings. The molecule has 0 N–H and O–H groups in total. The number of hydrogen-bond acceptors (Lipinski definition) is 2. The summed E-state index contributed by atoms with van der Waals surface area (Å²) in [6.45, 7) is 6.28. The second kappa shape index (κ2) is 9.17. The monoisotopic (exact) mass is 527 g/mol. The second-order valence-electron chi connectivity index (χ2n) is 10.5. The molecule has 1 aromatic heterocycles. The Hall–Kier alpha value is -5.22. The molecule has 0 radical (unpaired) electrons. The fourth-order valence-corrected chi connectivity index (χ4v) is 6.51. The normalized spacial score (nSPS) is 12.9. The smallest absolute Gasteiger partial charge is 0.260 e. The minimum atomic E-state index is 0.0451. The van der Waals surface area contributed by atoms with Gasteiger partial charge in [0.1, 0.15) is 23.0 Å². The van der Waals surface area contributed by atoms with E-state index >= 15 is 0 Å². The molecule has 2 aliphatic heterocycles. The van der Waals surface area contributed by atoms with Crippen molar-refractivity contribution in [3.05, 3.63) is 133 Å². The summed E-state index contributed by atoms with van der Waals surface area (Å²) >= 11 is 0. The third-order valence-corrected chi connectivity index (χ3v) is 8.23. The van der Waals surface area contributed by atoms with E-state index in [0.717, 1.165) is 73.0 Å². The van der Waals surface area contributed by atoms with Gasteiger partial charge in [0.05, 0.1) is 11.2 Å². The summed E-state index contributed by atoms with van der Waals surface area (Å²) in [6.07, 6.45) is 6.21. The molecule has 8 rings (SSSR count). The van der Waals surface area contributed by atoms with Gasteiger partial charge in [-0.3, -0.25) is 0 Å². The molecule has 0 saturated heterocycles. The van der Waals surface area contributed by atoms with Crippen LogP contribution in [0.4, 0.5) is 0 Å². The molecule has 4 heteroatoms. The number of para-hydroxylation sites is 3. The summed E-state index contributed by atoms with van der Waals surface area (Å²) in [5, 5.41) is 1.17. The van der Waals surface area contributed by atoms with Crippen LogP contribution in [-0.4, -0.2) is 11.3 Å². The van der Waals surface area contributed by atoms with Gasteiger partial charge < -0.3 is 14.0 Å². The molecule has 0 spiro atoms. The lowest BCUT2D eigenvalue weighted by Crippen LogP contribution is -2.57. The second-order valence-corrected chi connectivity index (χ2v) is 10.5. The number of aromatic nitrogens is 1. The van der Waals surface area contributed by atoms with Gasteiger partial charge in [0, 0.05) is 27.7 Å². The number of rotatable bonds is 4. The summed E-state index contributed by atoms with van der Waals surface area (Å²) in [5.74, 6) is 3.50. The van der Waals surface area contributed by atoms with Gasteiger partial charge in [-0.15, -0.1) is 0 Å². The number of ether oxygens (including phenoxy) is 2. The SMILES string of the molecule is C=Cc1c(/C=C\C)c2cc(-c3ccc4c5c3Oc3ccccc3B5c3ccccc3O4)ccc2n1-c1ccccc1. The lowest BCUT2D eigenvalue weighted by Gasteiger charge is -2.33. The zero-order chi connectivity index (χ0) is 27.5. The molecule has 3 nitrogen and oxygen atoms in total. The Kier molecular flexibility index (Phi) is 5.29. The number of benzene rings is 5. The van der Waals surface area contributed by atoms with E-state index in [1.165, 1.54) is 5.39 Å². The number of allylic oxidation sites excluding steroid dienone is 1. The van der Waals surface area contributed by atoms with E-state index in [9.17, 15) is 0 Å². The molecule has 0 unspecified atom stereocenters. The Morgan fingerprint density at radius 2 is 1.44 bits per heavy atom. The predicted octanol–water partition coefficient (Wildman–Crippen LogP) is 7.70. The van der Waals surface area contributed by atoms with Crippen LogP contribution in [-0.2, 0) is 0 Å². The van der Waals surface area contributed by atoms with Crippen molar-refractivity contribution in [2.24, 2.45) is 0 Å². The van der Waals surface area contributed by atoms with Crippen molar-refractivity contribution in [1.29, 1.82) is 0 Å². The van der Waals surface area contributed by atoms with E-state index < -0.39 is 0 Å². The number of fused-ring (bicyclic) bond motifs is 5. The quantitative estimate of drug-likeness (QED) is 0.219. The molecular weight excluding hydrogens is 501 g/mol. The number of nitrogens with zero attached hydrogens (tertiary/aromatic N) is 1. The van der Waals surface area contributed by atoms with Crippen molar-refractivity contribution in [1.82, 2.24) is 4.57 Å². The maximum Gasteiger partial charge on any atom is 0.260 e. The molecule has 6 aromatic rings. The van der Waals surface area contributed by atoms with Crippen LogP contribution in [0.3, 0.4) is 0 Å². The van der Waals surface area contributed by atoms with E-state index in [1.807, 2.05) is 24.3 Å². The Balaban J connectivity index is 1.38. The van der Waals surface area contributed by atoms with E-state index in [4.69, 9.17) is 9.47 Å². The summed E-state index contributed by atoms with van der Waals surface area (Å²) in [4.78, 5) is 0. The minimum Gasteiger partial charge on any atom is -0.458 e. The molecule has 5 aromatic carbocycles. The fraction of sp³-hybridized carbons (Fsp3) is 0.0270. The van der Waals surface area contributed by atoms with Crippen LogP contribution in [0.1, 0.15) is 18.2 Å². The van der Waals surface area contributed by atoms with E-state index in [1.54, 1.807) is 0 Å². The predicted molar refractivity (Wildman–Crippen MR) is 171 cm³/mol. The van der Waals surface area contributed by atoms with E-state index in [-0.39, 0.29) is 6.71 Å². The van der Waals surface area contributed by atoms with Gasteiger partial charge in [0.25, 0.3) is 6.71 Å². The highest BCUT2D eigenvalue weighted by atomic mass is 16.5. The molecule has 194 valence electrons. The molecule has 0 amide bonds. The Labute approximate surface area is 239 Å². The largest absolute Gasteiger partial charge is 0.458 e. The molecule has 0 aliphatic carbocycles. The molecule has 0 fully saturated rings. The summed E-state index contributed by atoms with van der Waals surface area (Å²) in [6, 6.07) is 38.1. The Bertz CT molecular complexity index is 2030. The third-order valence-electron chi connectivity index (χ3n) is 8.23. The fourth-order valence-electron chi connectivity index (χ4n) is 6.51. The first-order valence-electron chi connectivity index (χ1n) is 14.0. The van der Waals surface area contributed by atoms with Crippen molar-refractivity contribution in [3.63, 3.8) is 0 Å². The van der Waals surface area contributed by atoms with Crippen LogP contribution in [0, 0.1) is 0 Å². The Morgan fingerprint density at radius 3 is 2.17 bits per heavy atom. The van der Waals surface area contributed by atoms with Crippen molar-refractivity contribution in [3.8, 4) is 39.8 Å². The molecular formula is C37H26BNO2. The molecule has 41 heavy (non-hydrogen) atoms. The van der Waals surface area contributed by atoms with Crippen molar-refractivity contribution < 1.29 is 9.47 Å². The first kappa shape index (κ1) is 23.7. The van der Waals surface area contributed by atoms with Crippen LogP contribution in [0.15, 0.2) is 122 Å². The molecule has 0 bridgehead atoms. The average molecular weight is 527 g/mol. The first-order chi connectivity index (χ1) is 20.3. The van der Waals surface area contributed by atoms with E-state index in [0.29, 0.717) is 0 Å². The van der Waals surface area contributed by atoms with Gasteiger partial charge in [0.2, 0.25) is 0 Å². The highest BCUT2D eigenvalue weighted by Gasteiger charge is 2.40. The standard InChI is InChI=1S/C37H26BNO2/c1-3-12-27-28-23-24(19-21-32(28)39(31(27)4-2)25-13-6-5-7-14-25)26-20-22-35-36-37(26)41-34-18-11-9-16-30(34)38(36)29-15-8-10-17-33(29)40-35/h3-23H,2H2,1H3/b12-3-. The summed E-state index contributed by atoms with van der Waals surface area (Å²) in [7, 11) is 0. The van der Waals surface area contributed by atoms with Crippen LogP contribution in [0.2, 0.25) is 0 Å². The summed E-state index contributed by atoms with van der Waals surface area (Å²) in [5.41, 5.74) is 10.0. The van der Waals surface area contributed by atoms with Crippen LogP contribution in [0.25, 0.3) is 39.9 Å². The van der Waals surface area contributed by atoms with Gasteiger partial charge in [-0.05, 0) is 78.0 Å². The molecule has 3 heterocycles. The zero-order valence-electron chi connectivity index (χ0n) is 22.7. The van der Waals surface area contributed by atoms with Crippen molar-refractivity contribution in [2.75, 3.05) is 0 Å². The van der Waals surface area contributed by atoms with Gasteiger partial charge in [-0.2, -0.15) is 0 Å². The van der Waals surface area contributed by atoms with Gasteiger partial charge in [-0.1, -0.05) is 79.4 Å². The van der Waals surface area contributed by atoms with E-state index in [2.05, 4.69) is 121 Å². The number of hydrogen-bond donors (Lipinski definition) is 0. The average Bonchev–Trinajstić information content (AvgIpc) is 3.34. The van der Waals surface area contributed by atoms with Gasteiger partial charge >= 0.3 is 0 Å². The lowest BCUT2D eigenvalue weighted by atomic mass is 9.34. The van der Waals surface area contributed by atoms with Crippen molar-refractivity contribution >= 4 is 46.2 Å². The minimum absolute atomic E-state index is 0.0451.